The van der Waals surface area contributed by atoms with Crippen LogP contribution in [0.4, 0.5) is 87.8 Å². The van der Waals surface area contributed by atoms with Gasteiger partial charge in [-0.25, -0.2) is 19.9 Å². The second-order valence-corrected chi connectivity index (χ2v) is 38.9. The summed E-state index contributed by atoms with van der Waals surface area (Å²) in [5.74, 6) is -2.12. The second kappa shape index (κ2) is 45.6. The summed E-state index contributed by atoms with van der Waals surface area (Å²) in [6.45, 7) is -5.44. The molecule has 0 amide bonds. The Bertz CT molecular complexity index is 6050. The lowest BCUT2D eigenvalue weighted by molar-refractivity contribution is -0.605. The van der Waals surface area contributed by atoms with Gasteiger partial charge in [0.05, 0.1) is 24.4 Å². The fourth-order valence-electron chi connectivity index (χ4n) is 14.9. The van der Waals surface area contributed by atoms with Gasteiger partial charge in [-0.3, -0.25) is 9.97 Å². The maximum absolute atomic E-state index is 13.4. The molecule has 4 atom stereocenters. The molecule has 764 valence electrons. The molecule has 46 heteroatoms. The number of ether oxygens (including phenoxy) is 8. The smallest absolute Gasteiger partial charge is 0.433 e. The lowest BCUT2D eigenvalue weighted by Gasteiger charge is -2.30. The summed E-state index contributed by atoms with van der Waals surface area (Å²) in [6.07, 6.45) is 3.21. The van der Waals surface area contributed by atoms with Crippen LogP contribution in [-0.2, 0) is 48.1 Å². The zero-order valence-corrected chi connectivity index (χ0v) is 78.6. The number of hydrogen-bond donors (Lipinski definition) is 4. The van der Waals surface area contributed by atoms with E-state index in [4.69, 9.17) is 28.4 Å². The summed E-state index contributed by atoms with van der Waals surface area (Å²) >= 11 is 2.90. The van der Waals surface area contributed by atoms with Gasteiger partial charge >= 0.3 is 62.4 Å². The third-order valence-electron chi connectivity index (χ3n) is 23.5. The fourth-order valence-corrected chi connectivity index (χ4v) is 19.4. The van der Waals surface area contributed by atoms with Crippen LogP contribution in [0, 0.1) is 10.4 Å². The first-order valence-corrected chi connectivity index (χ1v) is 47.4. The number of alkyl halides is 20. The summed E-state index contributed by atoms with van der Waals surface area (Å²) in [4.78, 5) is 25.3. The minimum Gasteiger partial charge on any atom is -0.619 e. The first-order chi connectivity index (χ1) is 67.0. The Morgan fingerprint density at radius 1 is 0.324 bits per heavy atom. The molecule has 4 saturated carbocycles. The molecule has 4 N–H and O–H groups in total. The summed E-state index contributed by atoms with van der Waals surface area (Å²) < 4.78 is 308. The zero-order valence-electron chi connectivity index (χ0n) is 75.4. The molecule has 0 bridgehead atoms. The van der Waals surface area contributed by atoms with Gasteiger partial charge in [-0.1, -0.05) is 30.3 Å². The molecule has 142 heavy (non-hydrogen) atoms. The van der Waals surface area contributed by atoms with Crippen molar-refractivity contribution >= 4 is 45.3 Å². The van der Waals surface area contributed by atoms with E-state index in [1.165, 1.54) is 102 Å². The Morgan fingerprint density at radius 3 is 0.803 bits per heavy atom. The number of aromatic nitrogens is 8. The van der Waals surface area contributed by atoms with Crippen LogP contribution in [-0.4, -0.2) is 126 Å². The molecule has 4 aliphatic rings. The molecule has 8 heterocycles. The number of rotatable bonds is 36. The van der Waals surface area contributed by atoms with E-state index >= 15 is 0 Å². The molecule has 0 saturated heterocycles. The van der Waals surface area contributed by atoms with Crippen LogP contribution in [0.3, 0.4) is 0 Å². The Morgan fingerprint density at radius 2 is 0.577 bits per heavy atom. The first kappa shape index (κ1) is 108. The van der Waals surface area contributed by atoms with Crippen molar-refractivity contribution in [3.8, 4) is 46.0 Å². The third-order valence-corrected chi connectivity index (χ3v) is 28.8. The molecule has 12 aromatic rings. The van der Waals surface area contributed by atoms with Crippen molar-refractivity contribution in [3.63, 3.8) is 0 Å². The first-order valence-electron chi connectivity index (χ1n) is 44.1. The van der Waals surface area contributed by atoms with Crippen LogP contribution in [0.15, 0.2) is 196 Å². The van der Waals surface area contributed by atoms with Crippen molar-refractivity contribution < 1.29 is 156 Å². The molecule has 4 unspecified atom stereocenters. The van der Waals surface area contributed by atoms with Gasteiger partial charge in [0, 0.05) is 117 Å². The number of pyridine rings is 4. The molecule has 4 aliphatic carbocycles. The van der Waals surface area contributed by atoms with Crippen LogP contribution in [0.5, 0.6) is 46.0 Å². The number of nitrogens with zero attached hydrogens (tertiary/aromatic N) is 8. The number of hydrogen-bond acceptors (Lipinski definition) is 24. The van der Waals surface area contributed by atoms with E-state index in [0.29, 0.717) is 81.5 Å². The largest absolute Gasteiger partial charge is 0.619 e. The van der Waals surface area contributed by atoms with E-state index in [2.05, 4.69) is 39.4 Å². The van der Waals surface area contributed by atoms with E-state index < -0.39 is 95.4 Å². The Balaban J connectivity index is 0.000000160. The topological polar surface area (TPSA) is 286 Å². The molecule has 0 spiro atoms. The number of aliphatic hydroxyl groups is 4. The molecule has 0 radical (unpaired) electrons. The lowest BCUT2D eigenvalue weighted by Crippen LogP contribution is -2.53. The summed E-state index contributed by atoms with van der Waals surface area (Å²) in [6, 6.07) is 31.3. The summed E-state index contributed by atoms with van der Waals surface area (Å²) in [7, 11) is 0. The second-order valence-electron chi connectivity index (χ2n) is 34.7. The quantitative estimate of drug-likeness (QED) is 0.0161. The van der Waals surface area contributed by atoms with Crippen LogP contribution >= 0.6 is 45.3 Å². The monoisotopic (exact) mass is 2090 g/mol. The van der Waals surface area contributed by atoms with Gasteiger partial charge < -0.3 is 68.7 Å². The summed E-state index contributed by atoms with van der Waals surface area (Å²) in [5.41, 5.74) is -7.06. The molecule has 8 aromatic heterocycles. The van der Waals surface area contributed by atoms with Crippen molar-refractivity contribution in [1.82, 2.24) is 29.9 Å². The van der Waals surface area contributed by atoms with E-state index in [1.807, 2.05) is 18.3 Å². The van der Waals surface area contributed by atoms with E-state index in [1.54, 1.807) is 101 Å². The summed E-state index contributed by atoms with van der Waals surface area (Å²) in [5, 5.41) is 61.2. The predicted octanol–water partition coefficient (Wildman–Crippen LogP) is 23.3. The van der Waals surface area contributed by atoms with E-state index in [-0.39, 0.29) is 122 Å². The maximum atomic E-state index is 13.4. The standard InChI is InChI=1S/C24H20F8N2O4S.C24H20F8N2O3S.C24H26F2N2O4S.C24H26F2N2O3S/c25-21(26)38-17-5-4-14(11-18(17)37-15-2-1-3-15)16(10-13-6-8-34(36)9-7-13)19-12-33-20(39-19)22(35,23(27,28)29)24(30,31)32;25-21(26)37-17-5-4-14(11-18(17)36-15-2-1-3-15)16(10-13-6-8-33-9-7-13)19-12-34-20(38-19)22(35,23(27,28)29)24(30,31)32;1-24(2,29)22-27-14-21(33-22)18(12-15-8-10-28(30)11-9-15)16-6-7-19(32-23(25)26)20(13-16)31-17-4-3-5-17;1-24(2,29)22-28-14-21(32-22)18(11-15-5-4-10-27-13-15)16-8-9-19(31-23(25)26)20(12-16)30-17-6-3-7-17/h4-9,11-12,15-16,21,35H,1-3,10H2;4-9,11-12,15-16,21,35H,1-3,10H2;6-11,13-14,17-18,23,29H,3-5,12H2,1-2H3;4-5,8-10,12-14,17-18,23,29H,3,6-7,11H2,1-2H3. The minimum atomic E-state index is -6.12. The highest BCUT2D eigenvalue weighted by Crippen LogP contribution is 2.56. The van der Waals surface area contributed by atoms with Gasteiger partial charge in [-0.15, -0.1) is 45.3 Å². The van der Waals surface area contributed by atoms with Gasteiger partial charge in [0.15, 0.2) is 70.8 Å². The van der Waals surface area contributed by atoms with Gasteiger partial charge in [-0.05, 0) is 242 Å². The maximum Gasteiger partial charge on any atom is 0.433 e. The van der Waals surface area contributed by atoms with Crippen LogP contribution in [0.25, 0.3) is 0 Å². The van der Waals surface area contributed by atoms with Crippen LogP contribution in [0.1, 0.15) is 212 Å². The predicted molar refractivity (Wildman–Crippen MR) is 478 cm³/mol. The molecule has 0 aliphatic heterocycles. The molecular formula is C96H92F20N8O14S4. The number of halogens is 20. The molecule has 4 aromatic carbocycles. The van der Waals surface area contributed by atoms with Gasteiger partial charge in [0.1, 0.15) is 31.2 Å². The molecule has 4 fully saturated rings. The molecular weight excluding hydrogens is 2000 g/mol. The Kier molecular flexibility index (Phi) is 34.6. The van der Waals surface area contributed by atoms with Gasteiger partial charge in [0.2, 0.25) is 0 Å². The highest BCUT2D eigenvalue weighted by Gasteiger charge is 2.74. The third kappa shape index (κ3) is 27.3. The molecule has 22 nitrogen and oxygen atoms in total. The highest BCUT2D eigenvalue weighted by atomic mass is 32.1. The van der Waals surface area contributed by atoms with Crippen molar-refractivity contribution in [3.05, 3.63) is 290 Å². The number of benzene rings is 4. The van der Waals surface area contributed by atoms with E-state index in [0.717, 1.165) is 113 Å². The van der Waals surface area contributed by atoms with Crippen molar-refractivity contribution in [2.24, 2.45) is 0 Å². The van der Waals surface area contributed by atoms with Crippen molar-refractivity contribution in [2.75, 3.05) is 0 Å². The molecule has 16 rings (SSSR count). The van der Waals surface area contributed by atoms with Crippen LogP contribution < -0.4 is 47.4 Å². The Labute approximate surface area is 814 Å². The van der Waals surface area contributed by atoms with Crippen LogP contribution in [0.2, 0.25) is 0 Å². The normalized spacial score (nSPS) is 15.6. The van der Waals surface area contributed by atoms with E-state index in [9.17, 15) is 119 Å². The SMILES string of the molecule is CC(C)(O)c1ncc(C(Cc2cc[n+]([O-])cc2)c2ccc(OC(F)F)c(OC3CCC3)c2)s1.CC(C)(O)c1ncc(C(Cc2cccnc2)c2ccc(OC(F)F)c(OC3CCC3)c2)s1.OC(c1ncc(C(Cc2ccncc2)c2ccc(OC(F)F)c(OC3CCC3)c2)s1)(C(F)(F)F)C(F)(F)F.[O-][n+]1ccc(CC(c2ccc(OC(F)F)c(OC3CCC3)c2)c2cnc(C(O)(C(F)(F)F)C(F)(F)F)s2)cc1. The van der Waals surface area contributed by atoms with Crippen molar-refractivity contribution in [1.29, 1.82) is 0 Å². The number of thiazole rings is 4. The van der Waals surface area contributed by atoms with Crippen molar-refractivity contribution in [2.45, 2.75) is 252 Å². The van der Waals surface area contributed by atoms with Gasteiger partial charge in [0.25, 0.3) is 0 Å². The zero-order chi connectivity index (χ0) is 103. The highest BCUT2D eigenvalue weighted by molar-refractivity contribution is 7.12. The van der Waals surface area contributed by atoms with Gasteiger partial charge in [-0.2, -0.15) is 97.3 Å². The lowest BCUT2D eigenvalue weighted by atomic mass is 9.91. The average Bonchev–Trinajstić information content (AvgIpc) is 1.35. The average molecular weight is 2090 g/mol. The minimum absolute atomic E-state index is 0.00740. The Hall–Kier alpha value is -11.6. The fraction of sp³-hybridized carbons (Fsp3) is 0.417.